The average Bonchev–Trinajstić information content (AvgIpc) is 2.01. The zero-order chi connectivity index (χ0) is 10.2. The zero-order valence-electron chi connectivity index (χ0n) is 8.38. The molecule has 13 heavy (non-hydrogen) atoms. The van der Waals surface area contributed by atoms with Crippen LogP contribution in [0.25, 0.3) is 0 Å². The predicted molar refractivity (Wildman–Crippen MR) is 53.7 cm³/mol. The third-order valence-corrected chi connectivity index (χ3v) is 2.63. The lowest BCUT2D eigenvalue weighted by Crippen LogP contribution is -2.20. The Hall–Kier alpha value is -0.130. The molecule has 0 aromatic carbocycles. The van der Waals surface area contributed by atoms with Crippen molar-refractivity contribution in [1.29, 1.82) is 0 Å². The van der Waals surface area contributed by atoms with Gasteiger partial charge in [-0.3, -0.25) is 0 Å². The molecule has 1 N–H and O–H groups in total. The molecule has 0 saturated heterocycles. The summed E-state index contributed by atoms with van der Waals surface area (Å²) in [4.78, 5) is 0. The zero-order valence-corrected chi connectivity index (χ0v) is 9.19. The third kappa shape index (κ3) is 11.9. The standard InChI is InChI=1S/C8H19NO3S/c1-12-7-6-9-5-3-4-8-13(2,10)11/h9H,3-8H2,1-2H3. The normalized spacial score (nSPS) is 11.8. The van der Waals surface area contributed by atoms with Crippen molar-refractivity contribution in [2.75, 3.05) is 38.8 Å². The number of sulfone groups is 1. The van der Waals surface area contributed by atoms with Gasteiger partial charge in [-0.1, -0.05) is 0 Å². The van der Waals surface area contributed by atoms with Gasteiger partial charge in [-0.15, -0.1) is 0 Å². The van der Waals surface area contributed by atoms with Crippen molar-refractivity contribution in [2.45, 2.75) is 12.8 Å². The van der Waals surface area contributed by atoms with Gasteiger partial charge in [0.15, 0.2) is 0 Å². The first-order chi connectivity index (χ1) is 6.06. The second-order valence-corrected chi connectivity index (χ2v) is 5.34. The van der Waals surface area contributed by atoms with Crippen LogP contribution in [0.5, 0.6) is 0 Å². The SMILES string of the molecule is COCCNCCCCS(C)(=O)=O. The monoisotopic (exact) mass is 209 g/mol. The summed E-state index contributed by atoms with van der Waals surface area (Å²) in [6.45, 7) is 2.39. The van der Waals surface area contributed by atoms with Crippen LogP contribution in [0.3, 0.4) is 0 Å². The molecule has 4 nitrogen and oxygen atoms in total. The van der Waals surface area contributed by atoms with Crippen LogP contribution in [0.2, 0.25) is 0 Å². The van der Waals surface area contributed by atoms with Crippen LogP contribution in [-0.2, 0) is 14.6 Å². The van der Waals surface area contributed by atoms with Crippen LogP contribution < -0.4 is 5.32 Å². The van der Waals surface area contributed by atoms with E-state index in [1.165, 1.54) is 6.26 Å². The molecule has 0 heterocycles. The first-order valence-electron chi connectivity index (χ1n) is 4.43. The highest BCUT2D eigenvalue weighted by atomic mass is 32.2. The maximum absolute atomic E-state index is 10.7. The van der Waals surface area contributed by atoms with Crippen molar-refractivity contribution in [3.8, 4) is 0 Å². The number of rotatable bonds is 8. The number of hydrogen-bond acceptors (Lipinski definition) is 4. The van der Waals surface area contributed by atoms with Gasteiger partial charge in [0.05, 0.1) is 6.61 Å². The molecule has 0 aromatic rings. The van der Waals surface area contributed by atoms with Crippen LogP contribution in [0.15, 0.2) is 0 Å². The van der Waals surface area contributed by atoms with Gasteiger partial charge >= 0.3 is 0 Å². The lowest BCUT2D eigenvalue weighted by molar-refractivity contribution is 0.199. The highest BCUT2D eigenvalue weighted by Crippen LogP contribution is 1.92. The van der Waals surface area contributed by atoms with Crippen LogP contribution in [-0.4, -0.2) is 47.2 Å². The van der Waals surface area contributed by atoms with Crippen LogP contribution in [0.1, 0.15) is 12.8 Å². The molecule has 0 aliphatic carbocycles. The van der Waals surface area contributed by atoms with Gasteiger partial charge in [-0.2, -0.15) is 0 Å². The van der Waals surface area contributed by atoms with Crippen molar-refractivity contribution in [3.63, 3.8) is 0 Å². The Morgan fingerprint density at radius 2 is 1.92 bits per heavy atom. The molecule has 0 saturated carbocycles. The topological polar surface area (TPSA) is 55.4 Å². The van der Waals surface area contributed by atoms with E-state index < -0.39 is 9.84 Å². The molecule has 0 amide bonds. The lowest BCUT2D eigenvalue weighted by Gasteiger charge is -2.02. The van der Waals surface area contributed by atoms with Gasteiger partial charge < -0.3 is 10.1 Å². The number of methoxy groups -OCH3 is 1. The van der Waals surface area contributed by atoms with E-state index >= 15 is 0 Å². The minimum Gasteiger partial charge on any atom is -0.383 e. The van der Waals surface area contributed by atoms with Crippen molar-refractivity contribution in [3.05, 3.63) is 0 Å². The number of unbranched alkanes of at least 4 members (excludes halogenated alkanes) is 1. The summed E-state index contributed by atoms with van der Waals surface area (Å²) in [5.41, 5.74) is 0. The molecule has 0 rings (SSSR count). The summed E-state index contributed by atoms with van der Waals surface area (Å²) in [5, 5.41) is 3.15. The minimum atomic E-state index is -2.77. The number of nitrogens with one attached hydrogen (secondary N) is 1. The maximum atomic E-state index is 10.7. The lowest BCUT2D eigenvalue weighted by atomic mass is 10.3. The molecule has 0 atom stereocenters. The van der Waals surface area contributed by atoms with Gasteiger partial charge in [0.2, 0.25) is 0 Å². The van der Waals surface area contributed by atoms with Crippen LogP contribution in [0.4, 0.5) is 0 Å². The molecule has 0 unspecified atom stereocenters. The van der Waals surface area contributed by atoms with Crippen molar-refractivity contribution in [2.24, 2.45) is 0 Å². The van der Waals surface area contributed by atoms with Crippen molar-refractivity contribution < 1.29 is 13.2 Å². The molecule has 0 aromatic heterocycles. The molecule has 80 valence electrons. The van der Waals surface area contributed by atoms with Gasteiger partial charge in [0.1, 0.15) is 9.84 Å². The van der Waals surface area contributed by atoms with Gasteiger partial charge in [-0.25, -0.2) is 8.42 Å². The molecule has 0 bridgehead atoms. The number of ether oxygens (including phenoxy) is 1. The summed E-state index contributed by atoms with van der Waals surface area (Å²) in [6, 6.07) is 0. The summed E-state index contributed by atoms with van der Waals surface area (Å²) in [6.07, 6.45) is 2.90. The molecule has 0 fully saturated rings. The van der Waals surface area contributed by atoms with E-state index in [1.807, 2.05) is 0 Å². The van der Waals surface area contributed by atoms with Gasteiger partial charge in [-0.05, 0) is 19.4 Å². The fourth-order valence-corrected chi connectivity index (χ4v) is 1.64. The van der Waals surface area contributed by atoms with Gasteiger partial charge in [0.25, 0.3) is 0 Å². The summed E-state index contributed by atoms with van der Waals surface area (Å²) < 4.78 is 26.3. The van der Waals surface area contributed by atoms with Crippen LogP contribution in [0, 0.1) is 0 Å². The Morgan fingerprint density at radius 1 is 1.23 bits per heavy atom. The first-order valence-corrected chi connectivity index (χ1v) is 6.49. The van der Waals surface area contributed by atoms with Gasteiger partial charge in [0, 0.05) is 25.7 Å². The van der Waals surface area contributed by atoms with E-state index in [9.17, 15) is 8.42 Å². The Balaban J connectivity index is 3.09. The largest absolute Gasteiger partial charge is 0.383 e. The molecule has 0 aliphatic heterocycles. The van der Waals surface area contributed by atoms with Crippen molar-refractivity contribution in [1.82, 2.24) is 5.32 Å². The molecular weight excluding hydrogens is 190 g/mol. The first kappa shape index (κ1) is 12.9. The molecular formula is C8H19NO3S. The predicted octanol–water partition coefficient (Wildman–Crippen LogP) is 0.0472. The smallest absolute Gasteiger partial charge is 0.147 e. The van der Waals surface area contributed by atoms with Crippen molar-refractivity contribution >= 4 is 9.84 Å². The fraction of sp³-hybridized carbons (Fsp3) is 1.00. The fourth-order valence-electron chi connectivity index (χ4n) is 0.913. The second-order valence-electron chi connectivity index (χ2n) is 3.08. The second kappa shape index (κ2) is 7.29. The van der Waals surface area contributed by atoms with E-state index in [0.717, 1.165) is 25.9 Å². The third-order valence-electron chi connectivity index (χ3n) is 1.60. The maximum Gasteiger partial charge on any atom is 0.147 e. The molecule has 0 radical (unpaired) electrons. The van der Waals surface area contributed by atoms with E-state index in [2.05, 4.69) is 5.32 Å². The summed E-state index contributed by atoms with van der Waals surface area (Å²) in [5.74, 6) is 0.291. The molecule has 0 aliphatic rings. The van der Waals surface area contributed by atoms with Crippen LogP contribution >= 0.6 is 0 Å². The number of hydrogen-bond donors (Lipinski definition) is 1. The van der Waals surface area contributed by atoms with E-state index in [0.29, 0.717) is 12.4 Å². The Bertz CT molecular complexity index is 201. The summed E-state index contributed by atoms with van der Waals surface area (Å²) in [7, 11) is -1.12. The quantitative estimate of drug-likeness (QED) is 0.574. The van der Waals surface area contributed by atoms with E-state index in [-0.39, 0.29) is 0 Å². The van der Waals surface area contributed by atoms with E-state index in [4.69, 9.17) is 4.74 Å². The average molecular weight is 209 g/mol. The highest BCUT2D eigenvalue weighted by molar-refractivity contribution is 7.90. The Morgan fingerprint density at radius 3 is 2.46 bits per heavy atom. The summed E-state index contributed by atoms with van der Waals surface area (Å²) >= 11 is 0. The Labute approximate surface area is 80.6 Å². The Kier molecular flexibility index (Phi) is 7.22. The highest BCUT2D eigenvalue weighted by Gasteiger charge is 2.00. The molecule has 0 spiro atoms. The molecule has 5 heteroatoms. The van der Waals surface area contributed by atoms with E-state index in [1.54, 1.807) is 7.11 Å². The minimum absolute atomic E-state index is 0.291.